The third kappa shape index (κ3) is 3.44. The summed E-state index contributed by atoms with van der Waals surface area (Å²) < 4.78 is 41.1. The second-order valence-corrected chi connectivity index (χ2v) is 8.47. The lowest BCUT2D eigenvalue weighted by Crippen LogP contribution is -2.29. The Morgan fingerprint density at radius 3 is 2.57 bits per heavy atom. The van der Waals surface area contributed by atoms with Crippen LogP contribution in [0.15, 0.2) is 23.1 Å². The molecule has 2 fully saturated rings. The number of nitrogens with one attached hydrogen (secondary N) is 2. The second-order valence-electron chi connectivity index (χ2n) is 6.79. The average molecular weight is 312 g/mol. The van der Waals surface area contributed by atoms with E-state index in [4.69, 9.17) is 0 Å². The highest BCUT2D eigenvalue weighted by Gasteiger charge is 2.48. The molecular formula is C15H21FN2O2S. The molecule has 1 unspecified atom stereocenters. The average Bonchev–Trinajstić information content (AvgIpc) is 3.28. The molecule has 2 aliphatic carbocycles. The van der Waals surface area contributed by atoms with Gasteiger partial charge < -0.3 is 5.32 Å². The number of sulfonamides is 1. The predicted molar refractivity (Wildman–Crippen MR) is 78.8 cm³/mol. The van der Waals surface area contributed by atoms with Crippen molar-refractivity contribution in [1.29, 1.82) is 0 Å². The van der Waals surface area contributed by atoms with E-state index < -0.39 is 15.8 Å². The fraction of sp³-hybridized carbons (Fsp3) is 0.600. The molecule has 0 spiro atoms. The summed E-state index contributed by atoms with van der Waals surface area (Å²) in [5.41, 5.74) is 0.757. The van der Waals surface area contributed by atoms with Crippen LogP contribution in [-0.2, 0) is 16.6 Å². The molecule has 2 aliphatic rings. The summed E-state index contributed by atoms with van der Waals surface area (Å²) >= 11 is 0. The highest BCUT2D eigenvalue weighted by Crippen LogP contribution is 2.45. The monoisotopic (exact) mass is 312 g/mol. The van der Waals surface area contributed by atoms with Gasteiger partial charge in [0.25, 0.3) is 0 Å². The minimum absolute atomic E-state index is 0.0331. The quantitative estimate of drug-likeness (QED) is 0.846. The molecule has 4 nitrogen and oxygen atoms in total. The van der Waals surface area contributed by atoms with E-state index in [1.807, 2.05) is 13.8 Å². The van der Waals surface area contributed by atoms with Gasteiger partial charge in [0.1, 0.15) is 10.7 Å². The molecule has 0 amide bonds. The summed E-state index contributed by atoms with van der Waals surface area (Å²) in [6.45, 7) is 4.56. The number of benzene rings is 1. The second kappa shape index (κ2) is 5.04. The van der Waals surface area contributed by atoms with Gasteiger partial charge in [-0.2, -0.15) is 0 Å². The molecule has 0 bridgehead atoms. The molecule has 21 heavy (non-hydrogen) atoms. The molecule has 0 heterocycles. The van der Waals surface area contributed by atoms with Crippen LogP contribution in [0.1, 0.15) is 38.7 Å². The van der Waals surface area contributed by atoms with Crippen molar-refractivity contribution in [3.8, 4) is 0 Å². The van der Waals surface area contributed by atoms with Crippen LogP contribution < -0.4 is 10.0 Å². The Bertz CT molecular complexity index is 654. The van der Waals surface area contributed by atoms with Gasteiger partial charge in [0.05, 0.1) is 0 Å². The molecule has 1 aromatic rings. The lowest BCUT2D eigenvalue weighted by molar-refractivity contribution is 0.540. The van der Waals surface area contributed by atoms with Gasteiger partial charge in [-0.3, -0.25) is 0 Å². The molecule has 0 saturated heterocycles. The van der Waals surface area contributed by atoms with Crippen molar-refractivity contribution in [3.05, 3.63) is 29.6 Å². The lowest BCUT2D eigenvalue weighted by atomic mass is 10.2. The Hall–Kier alpha value is -0.980. The molecular weight excluding hydrogens is 291 g/mol. The highest BCUT2D eigenvalue weighted by atomic mass is 32.2. The van der Waals surface area contributed by atoms with Crippen molar-refractivity contribution < 1.29 is 12.8 Å². The van der Waals surface area contributed by atoms with Crippen LogP contribution in [0.4, 0.5) is 4.39 Å². The van der Waals surface area contributed by atoms with E-state index in [0.29, 0.717) is 12.6 Å². The number of halogens is 1. The summed E-state index contributed by atoms with van der Waals surface area (Å²) in [6, 6.07) is 4.72. The van der Waals surface area contributed by atoms with Crippen LogP contribution in [0.3, 0.4) is 0 Å². The molecule has 2 N–H and O–H groups in total. The Morgan fingerprint density at radius 2 is 2.00 bits per heavy atom. The number of hydrogen-bond donors (Lipinski definition) is 2. The largest absolute Gasteiger partial charge is 0.310 e. The van der Waals surface area contributed by atoms with E-state index in [9.17, 15) is 12.8 Å². The predicted octanol–water partition coefficient (Wildman–Crippen LogP) is 2.15. The van der Waals surface area contributed by atoms with Crippen LogP contribution in [0.2, 0.25) is 0 Å². The topological polar surface area (TPSA) is 58.2 Å². The molecule has 3 rings (SSSR count). The fourth-order valence-corrected chi connectivity index (χ4v) is 3.87. The minimum Gasteiger partial charge on any atom is -0.310 e. The first-order chi connectivity index (χ1) is 9.78. The van der Waals surface area contributed by atoms with Crippen LogP contribution in [0.5, 0.6) is 0 Å². The summed E-state index contributed by atoms with van der Waals surface area (Å²) in [6.07, 6.45) is 3.10. The van der Waals surface area contributed by atoms with Gasteiger partial charge in [-0.1, -0.05) is 19.9 Å². The number of hydrogen-bond acceptors (Lipinski definition) is 3. The lowest BCUT2D eigenvalue weighted by Gasteiger charge is -2.11. The first-order valence-corrected chi connectivity index (χ1v) is 8.80. The zero-order valence-corrected chi connectivity index (χ0v) is 13.1. The van der Waals surface area contributed by atoms with E-state index in [-0.39, 0.29) is 16.4 Å². The Kier molecular flexibility index (Phi) is 3.58. The van der Waals surface area contributed by atoms with Gasteiger partial charge in [0.2, 0.25) is 10.0 Å². The van der Waals surface area contributed by atoms with Crippen molar-refractivity contribution in [2.24, 2.45) is 5.41 Å². The smallest absolute Gasteiger partial charge is 0.243 e. The molecule has 0 aromatic heterocycles. The molecule has 1 atom stereocenters. The maximum atomic E-state index is 13.9. The molecule has 116 valence electrons. The van der Waals surface area contributed by atoms with Crippen LogP contribution in [0, 0.1) is 11.2 Å². The molecule has 6 heteroatoms. The number of rotatable bonds is 6. The van der Waals surface area contributed by atoms with Crippen molar-refractivity contribution in [3.63, 3.8) is 0 Å². The Balaban J connectivity index is 1.77. The Labute approximate surface area is 125 Å². The van der Waals surface area contributed by atoms with Crippen LogP contribution in [-0.4, -0.2) is 20.5 Å². The first-order valence-electron chi connectivity index (χ1n) is 7.32. The molecule has 2 saturated carbocycles. The maximum Gasteiger partial charge on any atom is 0.243 e. The summed E-state index contributed by atoms with van der Waals surface area (Å²) in [5.74, 6) is -0.698. The third-order valence-electron chi connectivity index (χ3n) is 4.27. The summed E-state index contributed by atoms with van der Waals surface area (Å²) in [7, 11) is -3.80. The standard InChI is InChI=1S/C15H21FN2O2S/c1-15(2)8-14(15)18-21(19,20)13-7-10(3-6-12(13)16)9-17-11-4-5-11/h3,6-7,11,14,17-18H,4-5,8-9H2,1-2H3. The normalized spacial score (nSPS) is 24.0. The van der Waals surface area contributed by atoms with Crippen LogP contribution >= 0.6 is 0 Å². The van der Waals surface area contributed by atoms with Gasteiger partial charge >= 0.3 is 0 Å². The van der Waals surface area contributed by atoms with E-state index in [0.717, 1.165) is 24.8 Å². The van der Waals surface area contributed by atoms with Gasteiger partial charge in [-0.05, 0) is 42.4 Å². The fourth-order valence-electron chi connectivity index (χ4n) is 2.33. The van der Waals surface area contributed by atoms with Crippen molar-refractivity contribution in [1.82, 2.24) is 10.0 Å². The third-order valence-corrected chi connectivity index (χ3v) is 5.75. The summed E-state index contributed by atoms with van der Waals surface area (Å²) in [4.78, 5) is -0.250. The van der Waals surface area contributed by atoms with Gasteiger partial charge in [0, 0.05) is 18.6 Å². The van der Waals surface area contributed by atoms with Crippen molar-refractivity contribution in [2.75, 3.05) is 0 Å². The Morgan fingerprint density at radius 1 is 1.33 bits per heavy atom. The van der Waals surface area contributed by atoms with Crippen LogP contribution in [0.25, 0.3) is 0 Å². The highest BCUT2D eigenvalue weighted by molar-refractivity contribution is 7.89. The van der Waals surface area contributed by atoms with E-state index in [1.54, 1.807) is 6.07 Å². The molecule has 0 aliphatic heterocycles. The van der Waals surface area contributed by atoms with Gasteiger partial charge in [0.15, 0.2) is 0 Å². The zero-order valence-electron chi connectivity index (χ0n) is 12.3. The van der Waals surface area contributed by atoms with Crippen molar-refractivity contribution in [2.45, 2.75) is 56.6 Å². The zero-order chi connectivity index (χ0) is 15.3. The summed E-state index contributed by atoms with van der Waals surface area (Å²) in [5, 5.41) is 3.30. The first kappa shape index (κ1) is 14.9. The van der Waals surface area contributed by atoms with E-state index in [1.165, 1.54) is 12.1 Å². The SMILES string of the molecule is CC1(C)CC1NS(=O)(=O)c1cc(CNC2CC2)ccc1F. The van der Waals surface area contributed by atoms with Gasteiger partial charge in [-0.25, -0.2) is 17.5 Å². The van der Waals surface area contributed by atoms with E-state index in [2.05, 4.69) is 10.0 Å². The minimum atomic E-state index is -3.80. The van der Waals surface area contributed by atoms with E-state index >= 15 is 0 Å². The maximum absolute atomic E-state index is 13.9. The van der Waals surface area contributed by atoms with Gasteiger partial charge in [-0.15, -0.1) is 0 Å². The molecule has 0 radical (unpaired) electrons. The molecule has 1 aromatic carbocycles. The van der Waals surface area contributed by atoms with Crippen molar-refractivity contribution >= 4 is 10.0 Å².